The minimum Gasteiger partial charge on any atom is -0.493 e. The second kappa shape index (κ2) is 9.28. The first kappa shape index (κ1) is 20.5. The lowest BCUT2D eigenvalue weighted by Gasteiger charge is -2.15. The molecule has 0 spiro atoms. The van der Waals surface area contributed by atoms with E-state index in [-0.39, 0.29) is 5.91 Å². The Morgan fingerprint density at radius 2 is 1.52 bits per heavy atom. The second-order valence-electron chi connectivity index (χ2n) is 7.03. The van der Waals surface area contributed by atoms with Crippen LogP contribution in [-0.4, -0.2) is 12.5 Å². The van der Waals surface area contributed by atoms with Crippen LogP contribution in [0.1, 0.15) is 39.5 Å². The predicted octanol–water partition coefficient (Wildman–Crippen LogP) is 5.84. The summed E-state index contributed by atoms with van der Waals surface area (Å²) in [6.07, 6.45) is 0. The van der Waals surface area contributed by atoms with E-state index in [0.717, 1.165) is 39.4 Å². The van der Waals surface area contributed by atoms with Crippen molar-refractivity contribution in [2.24, 2.45) is 0 Å². The lowest BCUT2D eigenvalue weighted by atomic mass is 10.1. The number of rotatable bonds is 7. The van der Waals surface area contributed by atoms with E-state index in [1.54, 1.807) is 6.07 Å². The van der Waals surface area contributed by atoms with E-state index in [0.29, 0.717) is 18.8 Å². The number of carbonyl (C=O) groups is 1. The molecule has 0 heterocycles. The fourth-order valence-electron chi connectivity index (χ4n) is 3.20. The Kier molecular flexibility index (Phi) is 6.55. The smallest absolute Gasteiger partial charge is 0.255 e. The third-order valence-corrected chi connectivity index (χ3v) is 4.82. The van der Waals surface area contributed by atoms with Crippen LogP contribution in [0.5, 0.6) is 11.5 Å². The Balaban J connectivity index is 1.83. The van der Waals surface area contributed by atoms with Crippen LogP contribution >= 0.6 is 0 Å². The van der Waals surface area contributed by atoms with Gasteiger partial charge in [-0.05, 0) is 68.7 Å². The van der Waals surface area contributed by atoms with Crippen molar-refractivity contribution in [3.05, 3.63) is 88.5 Å². The number of hydrogen-bond donors (Lipinski definition) is 1. The Bertz CT molecular complexity index is 990. The van der Waals surface area contributed by atoms with E-state index >= 15 is 0 Å². The molecule has 0 saturated heterocycles. The van der Waals surface area contributed by atoms with Gasteiger partial charge in [0, 0.05) is 16.8 Å². The molecule has 0 aromatic heterocycles. The molecule has 3 rings (SSSR count). The zero-order chi connectivity index (χ0) is 20.8. The van der Waals surface area contributed by atoms with Crippen LogP contribution in [0.3, 0.4) is 0 Å². The minimum atomic E-state index is -0.150. The normalized spacial score (nSPS) is 10.5. The molecule has 0 aliphatic heterocycles. The summed E-state index contributed by atoms with van der Waals surface area (Å²) in [6.45, 7) is 8.79. The van der Waals surface area contributed by atoms with Crippen LogP contribution in [0, 0.1) is 20.8 Å². The predicted molar refractivity (Wildman–Crippen MR) is 117 cm³/mol. The number of ether oxygens (including phenoxy) is 2. The van der Waals surface area contributed by atoms with Gasteiger partial charge in [0.2, 0.25) is 0 Å². The van der Waals surface area contributed by atoms with Gasteiger partial charge in [-0.15, -0.1) is 0 Å². The molecule has 4 heteroatoms. The molecular weight excluding hydrogens is 362 g/mol. The first-order chi connectivity index (χ1) is 14.0. The maximum atomic E-state index is 12.9. The zero-order valence-corrected chi connectivity index (χ0v) is 17.4. The molecule has 1 N–H and O–H groups in total. The highest BCUT2D eigenvalue weighted by Crippen LogP contribution is 2.26. The van der Waals surface area contributed by atoms with E-state index in [2.05, 4.69) is 5.32 Å². The molecule has 4 nitrogen and oxygen atoms in total. The van der Waals surface area contributed by atoms with Crippen molar-refractivity contribution in [1.29, 1.82) is 0 Å². The maximum Gasteiger partial charge on any atom is 0.255 e. The number of aryl methyl sites for hydroxylation is 3. The molecule has 0 saturated carbocycles. The summed E-state index contributed by atoms with van der Waals surface area (Å²) < 4.78 is 11.7. The van der Waals surface area contributed by atoms with Gasteiger partial charge in [-0.3, -0.25) is 4.79 Å². The highest BCUT2D eigenvalue weighted by Gasteiger charge is 2.14. The van der Waals surface area contributed by atoms with E-state index in [1.807, 2.05) is 82.3 Å². The standard InChI is InChI=1S/C25H27NO3/c1-5-28-23-14-13-20(25(27)26-24-18(3)10-8-11-19(24)4)15-21(23)16-29-22-12-7-6-9-17(22)2/h6-15H,5,16H2,1-4H3,(H,26,27). The third-order valence-electron chi connectivity index (χ3n) is 4.82. The lowest BCUT2D eigenvalue weighted by Crippen LogP contribution is -2.14. The van der Waals surface area contributed by atoms with Crippen molar-refractivity contribution in [2.75, 3.05) is 11.9 Å². The highest BCUT2D eigenvalue weighted by atomic mass is 16.5. The van der Waals surface area contributed by atoms with Crippen molar-refractivity contribution in [3.63, 3.8) is 0 Å². The van der Waals surface area contributed by atoms with Gasteiger partial charge in [0.1, 0.15) is 18.1 Å². The number of carbonyl (C=O) groups excluding carboxylic acids is 1. The van der Waals surface area contributed by atoms with E-state index in [1.165, 1.54) is 0 Å². The SMILES string of the molecule is CCOc1ccc(C(=O)Nc2c(C)cccc2C)cc1COc1ccccc1C. The summed E-state index contributed by atoms with van der Waals surface area (Å²) in [5, 5.41) is 3.04. The molecule has 0 atom stereocenters. The Morgan fingerprint density at radius 1 is 0.828 bits per heavy atom. The molecule has 29 heavy (non-hydrogen) atoms. The Morgan fingerprint density at radius 3 is 2.21 bits per heavy atom. The summed E-state index contributed by atoms with van der Waals surface area (Å²) in [4.78, 5) is 12.9. The van der Waals surface area contributed by atoms with Gasteiger partial charge in [-0.2, -0.15) is 0 Å². The third kappa shape index (κ3) is 4.96. The summed E-state index contributed by atoms with van der Waals surface area (Å²) in [6, 6.07) is 19.3. The molecule has 3 aromatic rings. The molecule has 0 bridgehead atoms. The van der Waals surface area contributed by atoms with Gasteiger partial charge in [0.05, 0.1) is 6.61 Å². The fourth-order valence-corrected chi connectivity index (χ4v) is 3.20. The summed E-state index contributed by atoms with van der Waals surface area (Å²) >= 11 is 0. The van der Waals surface area contributed by atoms with Crippen LogP contribution in [0.4, 0.5) is 5.69 Å². The summed E-state index contributed by atoms with van der Waals surface area (Å²) in [7, 11) is 0. The monoisotopic (exact) mass is 389 g/mol. The average Bonchev–Trinajstić information content (AvgIpc) is 2.71. The van der Waals surface area contributed by atoms with E-state index in [4.69, 9.17) is 9.47 Å². The number of hydrogen-bond acceptors (Lipinski definition) is 3. The molecule has 3 aromatic carbocycles. The molecule has 0 fully saturated rings. The van der Waals surface area contributed by atoms with Gasteiger partial charge in [0.25, 0.3) is 5.91 Å². The van der Waals surface area contributed by atoms with Crippen molar-refractivity contribution in [1.82, 2.24) is 0 Å². The maximum absolute atomic E-state index is 12.9. The summed E-state index contributed by atoms with van der Waals surface area (Å²) in [5.74, 6) is 1.40. The van der Waals surface area contributed by atoms with Gasteiger partial charge in [-0.1, -0.05) is 36.4 Å². The molecule has 150 valence electrons. The van der Waals surface area contributed by atoms with Gasteiger partial charge >= 0.3 is 0 Å². The van der Waals surface area contributed by atoms with Crippen molar-refractivity contribution >= 4 is 11.6 Å². The Labute approximate surface area is 172 Å². The zero-order valence-electron chi connectivity index (χ0n) is 17.4. The van der Waals surface area contributed by atoms with Crippen molar-refractivity contribution in [2.45, 2.75) is 34.3 Å². The summed E-state index contributed by atoms with van der Waals surface area (Å²) in [5.41, 5.74) is 5.39. The molecular formula is C25H27NO3. The number of anilines is 1. The highest BCUT2D eigenvalue weighted by molar-refractivity contribution is 6.05. The number of para-hydroxylation sites is 2. The number of nitrogens with one attached hydrogen (secondary N) is 1. The van der Waals surface area contributed by atoms with Crippen molar-refractivity contribution in [3.8, 4) is 11.5 Å². The van der Waals surface area contributed by atoms with Crippen LogP contribution in [0.25, 0.3) is 0 Å². The molecule has 0 unspecified atom stereocenters. The van der Waals surface area contributed by atoms with Crippen molar-refractivity contribution < 1.29 is 14.3 Å². The molecule has 1 amide bonds. The topological polar surface area (TPSA) is 47.6 Å². The van der Waals surface area contributed by atoms with Crippen LogP contribution in [0.2, 0.25) is 0 Å². The minimum absolute atomic E-state index is 0.150. The number of amides is 1. The number of benzene rings is 3. The second-order valence-corrected chi connectivity index (χ2v) is 7.03. The first-order valence-electron chi connectivity index (χ1n) is 9.81. The van der Waals surface area contributed by atoms with Gasteiger partial charge in [-0.25, -0.2) is 0 Å². The fraction of sp³-hybridized carbons (Fsp3) is 0.240. The van der Waals surface area contributed by atoms with E-state index in [9.17, 15) is 4.79 Å². The lowest BCUT2D eigenvalue weighted by molar-refractivity contribution is 0.102. The Hall–Kier alpha value is -3.27. The van der Waals surface area contributed by atoms with Gasteiger partial charge in [0.15, 0.2) is 0 Å². The largest absolute Gasteiger partial charge is 0.493 e. The molecule has 0 radical (unpaired) electrons. The quantitative estimate of drug-likeness (QED) is 0.552. The molecule has 0 aliphatic carbocycles. The van der Waals surface area contributed by atoms with Crippen LogP contribution in [-0.2, 0) is 6.61 Å². The van der Waals surface area contributed by atoms with Crippen LogP contribution < -0.4 is 14.8 Å². The molecule has 0 aliphatic rings. The van der Waals surface area contributed by atoms with E-state index < -0.39 is 0 Å². The van der Waals surface area contributed by atoms with Crippen LogP contribution in [0.15, 0.2) is 60.7 Å². The van der Waals surface area contributed by atoms with Gasteiger partial charge < -0.3 is 14.8 Å². The first-order valence-corrected chi connectivity index (χ1v) is 9.81. The average molecular weight is 389 g/mol.